The largest absolute Gasteiger partial charge is 0.352 e. The van der Waals surface area contributed by atoms with Crippen molar-refractivity contribution in [2.45, 2.75) is 52.5 Å². The van der Waals surface area contributed by atoms with Crippen molar-refractivity contribution in [2.24, 2.45) is 11.7 Å². The molecule has 0 bridgehead atoms. The van der Waals surface area contributed by atoms with Crippen LogP contribution in [-0.2, 0) is 17.8 Å². The molecule has 0 saturated carbocycles. The molecule has 20 heavy (non-hydrogen) atoms. The summed E-state index contributed by atoms with van der Waals surface area (Å²) in [5.74, 6) is 0.362. The number of hydrogen-bond acceptors (Lipinski definition) is 2. The van der Waals surface area contributed by atoms with Gasteiger partial charge in [0.2, 0.25) is 5.91 Å². The fourth-order valence-electron chi connectivity index (χ4n) is 2.43. The Labute approximate surface area is 122 Å². The minimum absolute atomic E-state index is 0.168. The van der Waals surface area contributed by atoms with Gasteiger partial charge in [0.05, 0.1) is 0 Å². The lowest BCUT2D eigenvalue weighted by Gasteiger charge is -2.15. The zero-order valence-electron chi connectivity index (χ0n) is 12.8. The molecule has 0 heterocycles. The van der Waals surface area contributed by atoms with E-state index in [0.717, 1.165) is 37.7 Å². The molecule has 0 aromatic heterocycles. The van der Waals surface area contributed by atoms with Crippen molar-refractivity contribution >= 4 is 5.91 Å². The van der Waals surface area contributed by atoms with Gasteiger partial charge >= 0.3 is 0 Å². The van der Waals surface area contributed by atoms with Crippen LogP contribution in [0.1, 0.15) is 50.7 Å². The molecular formula is C17H28N2O. The summed E-state index contributed by atoms with van der Waals surface area (Å²) in [6, 6.07) is 8.31. The van der Waals surface area contributed by atoms with Gasteiger partial charge in [-0.3, -0.25) is 4.79 Å². The highest BCUT2D eigenvalue weighted by Crippen LogP contribution is 2.14. The highest BCUT2D eigenvalue weighted by molar-refractivity contribution is 5.78. The fraction of sp³-hybridized carbons (Fsp3) is 0.588. The van der Waals surface area contributed by atoms with Crippen LogP contribution in [0.5, 0.6) is 0 Å². The maximum absolute atomic E-state index is 12.1. The highest BCUT2D eigenvalue weighted by Gasteiger charge is 2.15. The van der Waals surface area contributed by atoms with Crippen LogP contribution in [0.25, 0.3) is 0 Å². The quantitative estimate of drug-likeness (QED) is 0.728. The van der Waals surface area contributed by atoms with E-state index in [1.807, 2.05) is 0 Å². The Bertz CT molecular complexity index is 380. The Morgan fingerprint density at radius 3 is 2.15 bits per heavy atom. The smallest absolute Gasteiger partial charge is 0.223 e. The molecule has 112 valence electrons. The van der Waals surface area contributed by atoms with Crippen molar-refractivity contribution in [3.05, 3.63) is 35.4 Å². The Kier molecular flexibility index (Phi) is 7.97. The van der Waals surface area contributed by atoms with Gasteiger partial charge in [-0.15, -0.1) is 0 Å². The Hall–Kier alpha value is -1.35. The normalized spacial score (nSPS) is 10.8. The van der Waals surface area contributed by atoms with E-state index in [1.54, 1.807) is 0 Å². The first kappa shape index (κ1) is 16.7. The maximum Gasteiger partial charge on any atom is 0.223 e. The van der Waals surface area contributed by atoms with E-state index in [1.165, 1.54) is 5.56 Å². The molecule has 0 unspecified atom stereocenters. The van der Waals surface area contributed by atoms with Gasteiger partial charge in [-0.2, -0.15) is 0 Å². The lowest BCUT2D eigenvalue weighted by Crippen LogP contribution is -2.30. The van der Waals surface area contributed by atoms with E-state index < -0.39 is 0 Å². The molecular weight excluding hydrogens is 248 g/mol. The van der Waals surface area contributed by atoms with Crippen LogP contribution >= 0.6 is 0 Å². The number of nitrogens with two attached hydrogens (primary N) is 1. The SMILES string of the molecule is CCCC(CCC)C(=O)NCc1ccc(CCN)cc1. The van der Waals surface area contributed by atoms with Crippen LogP contribution < -0.4 is 11.1 Å². The summed E-state index contributed by atoms with van der Waals surface area (Å²) in [5.41, 5.74) is 7.92. The van der Waals surface area contributed by atoms with Gasteiger partial charge < -0.3 is 11.1 Å². The number of carbonyl (C=O) groups excluding carboxylic acids is 1. The number of carbonyl (C=O) groups is 1. The number of nitrogens with one attached hydrogen (secondary N) is 1. The van der Waals surface area contributed by atoms with Crippen LogP contribution in [0.4, 0.5) is 0 Å². The summed E-state index contributed by atoms with van der Waals surface area (Å²) in [5, 5.41) is 3.06. The monoisotopic (exact) mass is 276 g/mol. The molecule has 3 N–H and O–H groups in total. The summed E-state index contributed by atoms with van der Waals surface area (Å²) in [6.07, 6.45) is 4.99. The van der Waals surface area contributed by atoms with Crippen molar-refractivity contribution in [1.29, 1.82) is 0 Å². The molecule has 3 heteroatoms. The van der Waals surface area contributed by atoms with E-state index in [-0.39, 0.29) is 11.8 Å². The van der Waals surface area contributed by atoms with Gasteiger partial charge in [0.25, 0.3) is 0 Å². The highest BCUT2D eigenvalue weighted by atomic mass is 16.1. The molecule has 1 aromatic rings. The summed E-state index contributed by atoms with van der Waals surface area (Å²) < 4.78 is 0. The molecule has 0 aliphatic rings. The van der Waals surface area contributed by atoms with Crippen molar-refractivity contribution in [2.75, 3.05) is 6.54 Å². The molecule has 0 radical (unpaired) electrons. The second-order valence-electron chi connectivity index (χ2n) is 5.35. The third-order valence-electron chi connectivity index (χ3n) is 3.57. The topological polar surface area (TPSA) is 55.1 Å². The second-order valence-corrected chi connectivity index (χ2v) is 5.35. The molecule has 1 rings (SSSR count). The molecule has 1 amide bonds. The van der Waals surface area contributed by atoms with E-state index in [4.69, 9.17) is 5.73 Å². The minimum atomic E-state index is 0.168. The molecule has 3 nitrogen and oxygen atoms in total. The molecule has 0 fully saturated rings. The molecule has 0 saturated heterocycles. The Morgan fingerprint density at radius 2 is 1.65 bits per heavy atom. The van der Waals surface area contributed by atoms with E-state index in [0.29, 0.717) is 13.1 Å². The van der Waals surface area contributed by atoms with E-state index in [9.17, 15) is 4.79 Å². The maximum atomic E-state index is 12.1. The van der Waals surface area contributed by atoms with Gasteiger partial charge in [-0.1, -0.05) is 51.0 Å². The first-order chi connectivity index (χ1) is 9.71. The van der Waals surface area contributed by atoms with Crippen molar-refractivity contribution in [1.82, 2.24) is 5.32 Å². The van der Waals surface area contributed by atoms with Crippen LogP contribution in [0.2, 0.25) is 0 Å². The molecule has 0 spiro atoms. The van der Waals surface area contributed by atoms with Crippen molar-refractivity contribution < 1.29 is 4.79 Å². The summed E-state index contributed by atoms with van der Waals surface area (Å²) in [4.78, 5) is 12.1. The van der Waals surface area contributed by atoms with Gasteiger partial charge in [0, 0.05) is 12.5 Å². The average molecular weight is 276 g/mol. The summed E-state index contributed by atoms with van der Waals surface area (Å²) in [6.45, 7) is 5.55. The Balaban J connectivity index is 2.46. The number of benzene rings is 1. The number of amides is 1. The standard InChI is InChI=1S/C17H28N2O/c1-3-5-16(6-4-2)17(20)19-13-15-9-7-14(8-10-15)11-12-18/h7-10,16H,3-6,11-13,18H2,1-2H3,(H,19,20). The van der Waals surface area contributed by atoms with Gasteiger partial charge in [-0.05, 0) is 36.9 Å². The molecule has 0 aliphatic carbocycles. The zero-order chi connectivity index (χ0) is 14.8. The van der Waals surface area contributed by atoms with Crippen LogP contribution in [0, 0.1) is 5.92 Å². The zero-order valence-corrected chi connectivity index (χ0v) is 12.8. The summed E-state index contributed by atoms with van der Waals surface area (Å²) >= 11 is 0. The molecule has 0 atom stereocenters. The molecule has 0 aliphatic heterocycles. The van der Waals surface area contributed by atoms with Crippen molar-refractivity contribution in [3.8, 4) is 0 Å². The Morgan fingerprint density at radius 1 is 1.10 bits per heavy atom. The average Bonchev–Trinajstić information content (AvgIpc) is 2.46. The third-order valence-corrected chi connectivity index (χ3v) is 3.57. The van der Waals surface area contributed by atoms with E-state index >= 15 is 0 Å². The van der Waals surface area contributed by atoms with Crippen LogP contribution in [0.15, 0.2) is 24.3 Å². The third kappa shape index (κ3) is 5.74. The fourth-order valence-corrected chi connectivity index (χ4v) is 2.43. The second kappa shape index (κ2) is 9.54. The number of hydrogen-bond donors (Lipinski definition) is 2. The minimum Gasteiger partial charge on any atom is -0.352 e. The lowest BCUT2D eigenvalue weighted by molar-refractivity contribution is -0.125. The predicted octanol–water partition coefficient (Wildman–Crippen LogP) is 3.02. The van der Waals surface area contributed by atoms with E-state index in [2.05, 4.69) is 43.4 Å². The van der Waals surface area contributed by atoms with Gasteiger partial charge in [0.15, 0.2) is 0 Å². The lowest BCUT2D eigenvalue weighted by atomic mass is 9.97. The van der Waals surface area contributed by atoms with Crippen LogP contribution in [0.3, 0.4) is 0 Å². The first-order valence-corrected chi connectivity index (χ1v) is 7.76. The van der Waals surface area contributed by atoms with Crippen LogP contribution in [-0.4, -0.2) is 12.5 Å². The molecule has 1 aromatic carbocycles. The summed E-state index contributed by atoms with van der Waals surface area (Å²) in [7, 11) is 0. The van der Waals surface area contributed by atoms with Gasteiger partial charge in [-0.25, -0.2) is 0 Å². The number of rotatable bonds is 9. The predicted molar refractivity (Wildman–Crippen MR) is 84.4 cm³/mol. The van der Waals surface area contributed by atoms with Crippen molar-refractivity contribution in [3.63, 3.8) is 0 Å². The first-order valence-electron chi connectivity index (χ1n) is 7.76. The van der Waals surface area contributed by atoms with Gasteiger partial charge in [0.1, 0.15) is 0 Å².